The SMILES string of the molecule is CCOC1CC(N(C)C(=O)CC(C)N)C12CCC2. The molecule has 104 valence electrons. The Labute approximate surface area is 110 Å². The number of hydrogen-bond donors (Lipinski definition) is 1. The summed E-state index contributed by atoms with van der Waals surface area (Å²) in [6, 6.07) is 0.314. The number of nitrogens with two attached hydrogens (primary N) is 1. The normalized spacial score (nSPS) is 30.4. The van der Waals surface area contributed by atoms with Crippen molar-refractivity contribution < 1.29 is 9.53 Å². The average Bonchev–Trinajstić information content (AvgIpc) is 2.19. The van der Waals surface area contributed by atoms with Crippen molar-refractivity contribution in [1.29, 1.82) is 0 Å². The standard InChI is InChI=1S/C14H26N2O2/c1-4-18-12-9-11(14(12)6-5-7-14)16(3)13(17)8-10(2)15/h10-12H,4-9,15H2,1-3H3. The first-order valence-corrected chi connectivity index (χ1v) is 7.14. The predicted molar refractivity (Wildman–Crippen MR) is 71.1 cm³/mol. The molecule has 4 nitrogen and oxygen atoms in total. The highest BCUT2D eigenvalue weighted by atomic mass is 16.5. The number of nitrogens with zero attached hydrogens (tertiary/aromatic N) is 1. The summed E-state index contributed by atoms with van der Waals surface area (Å²) in [6.45, 7) is 4.70. The van der Waals surface area contributed by atoms with Gasteiger partial charge in [-0.1, -0.05) is 6.42 Å². The lowest BCUT2D eigenvalue weighted by molar-refractivity contribution is -0.202. The zero-order valence-electron chi connectivity index (χ0n) is 11.8. The predicted octanol–water partition coefficient (Wildman–Crippen LogP) is 1.53. The highest BCUT2D eigenvalue weighted by Gasteiger charge is 2.60. The van der Waals surface area contributed by atoms with Gasteiger partial charge in [-0.05, 0) is 33.1 Å². The number of rotatable bonds is 5. The maximum absolute atomic E-state index is 12.1. The van der Waals surface area contributed by atoms with Crippen molar-refractivity contribution >= 4 is 5.91 Å². The van der Waals surface area contributed by atoms with E-state index in [0.717, 1.165) is 13.0 Å². The van der Waals surface area contributed by atoms with E-state index in [1.165, 1.54) is 19.3 Å². The molecule has 2 aliphatic rings. The Bertz CT molecular complexity index is 313. The van der Waals surface area contributed by atoms with Gasteiger partial charge in [0.1, 0.15) is 0 Å². The molecule has 18 heavy (non-hydrogen) atoms. The van der Waals surface area contributed by atoms with Gasteiger partial charge in [-0.25, -0.2) is 0 Å². The highest BCUT2D eigenvalue weighted by Crippen LogP contribution is 2.58. The summed E-state index contributed by atoms with van der Waals surface area (Å²) < 4.78 is 5.81. The molecular weight excluding hydrogens is 228 g/mol. The lowest BCUT2D eigenvalue weighted by Crippen LogP contribution is -2.67. The quantitative estimate of drug-likeness (QED) is 0.809. The van der Waals surface area contributed by atoms with Crippen LogP contribution in [0, 0.1) is 5.41 Å². The third-order valence-electron chi connectivity index (χ3n) is 4.75. The zero-order valence-corrected chi connectivity index (χ0v) is 11.8. The van der Waals surface area contributed by atoms with Crippen molar-refractivity contribution in [2.24, 2.45) is 11.1 Å². The summed E-state index contributed by atoms with van der Waals surface area (Å²) in [5.74, 6) is 0.177. The topological polar surface area (TPSA) is 55.6 Å². The second-order valence-corrected chi connectivity index (χ2v) is 5.97. The first-order chi connectivity index (χ1) is 8.51. The zero-order chi connectivity index (χ0) is 13.3. The van der Waals surface area contributed by atoms with Crippen molar-refractivity contribution in [1.82, 2.24) is 4.90 Å². The number of carbonyl (C=O) groups excluding carboxylic acids is 1. The molecule has 0 aliphatic heterocycles. The number of amides is 1. The van der Waals surface area contributed by atoms with Crippen LogP contribution >= 0.6 is 0 Å². The van der Waals surface area contributed by atoms with Gasteiger partial charge in [0.25, 0.3) is 0 Å². The van der Waals surface area contributed by atoms with E-state index in [9.17, 15) is 4.79 Å². The largest absolute Gasteiger partial charge is 0.378 e. The van der Waals surface area contributed by atoms with Crippen LogP contribution in [0.15, 0.2) is 0 Å². The van der Waals surface area contributed by atoms with Gasteiger partial charge in [0, 0.05) is 37.6 Å². The van der Waals surface area contributed by atoms with Crippen LogP contribution in [0.25, 0.3) is 0 Å². The first-order valence-electron chi connectivity index (χ1n) is 7.14. The maximum atomic E-state index is 12.1. The second kappa shape index (κ2) is 5.17. The molecule has 1 amide bonds. The summed E-state index contributed by atoms with van der Waals surface area (Å²) >= 11 is 0. The summed E-state index contributed by atoms with van der Waals surface area (Å²) in [5.41, 5.74) is 5.97. The highest BCUT2D eigenvalue weighted by molar-refractivity contribution is 5.77. The molecule has 2 rings (SSSR count). The van der Waals surface area contributed by atoms with Crippen molar-refractivity contribution in [3.05, 3.63) is 0 Å². The Kier molecular flexibility index (Phi) is 3.97. The van der Waals surface area contributed by atoms with E-state index in [4.69, 9.17) is 10.5 Å². The van der Waals surface area contributed by atoms with Crippen LogP contribution in [0.1, 0.15) is 46.0 Å². The van der Waals surface area contributed by atoms with E-state index in [2.05, 4.69) is 0 Å². The molecule has 4 heteroatoms. The van der Waals surface area contributed by atoms with Crippen LogP contribution in [0.2, 0.25) is 0 Å². The fourth-order valence-electron chi connectivity index (χ4n) is 3.54. The summed E-state index contributed by atoms with van der Waals surface area (Å²) in [5, 5.41) is 0. The summed E-state index contributed by atoms with van der Waals surface area (Å²) in [7, 11) is 1.93. The monoisotopic (exact) mass is 254 g/mol. The Morgan fingerprint density at radius 1 is 1.56 bits per heavy atom. The smallest absolute Gasteiger partial charge is 0.224 e. The fourth-order valence-corrected chi connectivity index (χ4v) is 3.54. The molecule has 1 spiro atoms. The number of ether oxygens (including phenoxy) is 1. The van der Waals surface area contributed by atoms with Crippen LogP contribution in [0.4, 0.5) is 0 Å². The first kappa shape index (κ1) is 13.8. The third-order valence-corrected chi connectivity index (χ3v) is 4.75. The molecule has 0 saturated heterocycles. The van der Waals surface area contributed by atoms with E-state index >= 15 is 0 Å². The molecule has 3 atom stereocenters. The molecule has 0 bridgehead atoms. The van der Waals surface area contributed by atoms with Crippen molar-refractivity contribution in [3.63, 3.8) is 0 Å². The van der Waals surface area contributed by atoms with Gasteiger partial charge in [0.2, 0.25) is 5.91 Å². The van der Waals surface area contributed by atoms with Gasteiger partial charge < -0.3 is 15.4 Å². The summed E-state index contributed by atoms with van der Waals surface area (Å²) in [6.07, 6.45) is 5.50. The molecule has 2 aliphatic carbocycles. The van der Waals surface area contributed by atoms with Crippen LogP contribution in [-0.2, 0) is 9.53 Å². The molecule has 0 radical (unpaired) electrons. The molecular formula is C14H26N2O2. The molecule has 3 unspecified atom stereocenters. The van der Waals surface area contributed by atoms with Gasteiger partial charge in [-0.3, -0.25) is 4.79 Å². The minimum atomic E-state index is -0.0555. The Balaban J connectivity index is 1.96. The number of carbonyl (C=O) groups is 1. The van der Waals surface area contributed by atoms with Crippen molar-refractivity contribution in [3.8, 4) is 0 Å². The van der Waals surface area contributed by atoms with Crippen LogP contribution < -0.4 is 5.73 Å². The summed E-state index contributed by atoms with van der Waals surface area (Å²) in [4.78, 5) is 14.0. The minimum absolute atomic E-state index is 0.0555. The third kappa shape index (κ3) is 2.16. The van der Waals surface area contributed by atoms with Crippen LogP contribution in [0.3, 0.4) is 0 Å². The van der Waals surface area contributed by atoms with E-state index in [1.807, 2.05) is 25.8 Å². The molecule has 0 heterocycles. The average molecular weight is 254 g/mol. The Morgan fingerprint density at radius 3 is 2.67 bits per heavy atom. The van der Waals surface area contributed by atoms with Crippen molar-refractivity contribution in [2.75, 3.05) is 13.7 Å². The minimum Gasteiger partial charge on any atom is -0.378 e. The fraction of sp³-hybridized carbons (Fsp3) is 0.929. The van der Waals surface area contributed by atoms with E-state index in [0.29, 0.717) is 18.6 Å². The van der Waals surface area contributed by atoms with E-state index < -0.39 is 0 Å². The van der Waals surface area contributed by atoms with Crippen LogP contribution in [-0.4, -0.2) is 42.6 Å². The molecule has 2 N–H and O–H groups in total. The Hall–Kier alpha value is -0.610. The van der Waals surface area contributed by atoms with Gasteiger partial charge in [-0.15, -0.1) is 0 Å². The molecule has 2 fully saturated rings. The lowest BCUT2D eigenvalue weighted by Gasteiger charge is -2.63. The van der Waals surface area contributed by atoms with Crippen molar-refractivity contribution in [2.45, 2.75) is 64.1 Å². The van der Waals surface area contributed by atoms with Gasteiger partial charge in [-0.2, -0.15) is 0 Å². The van der Waals surface area contributed by atoms with E-state index in [-0.39, 0.29) is 17.4 Å². The molecule has 0 aromatic rings. The lowest BCUT2D eigenvalue weighted by atomic mass is 9.50. The molecule has 0 aromatic heterocycles. The van der Waals surface area contributed by atoms with E-state index in [1.54, 1.807) is 0 Å². The second-order valence-electron chi connectivity index (χ2n) is 5.97. The Morgan fingerprint density at radius 2 is 2.22 bits per heavy atom. The maximum Gasteiger partial charge on any atom is 0.224 e. The van der Waals surface area contributed by atoms with Gasteiger partial charge >= 0.3 is 0 Å². The van der Waals surface area contributed by atoms with Gasteiger partial charge in [0.15, 0.2) is 0 Å². The number of hydrogen-bond acceptors (Lipinski definition) is 3. The molecule has 2 saturated carbocycles. The van der Waals surface area contributed by atoms with Crippen LogP contribution in [0.5, 0.6) is 0 Å². The molecule has 0 aromatic carbocycles. The van der Waals surface area contributed by atoms with Gasteiger partial charge in [0.05, 0.1) is 6.10 Å².